The standard InChI is InChI=1S/C20H25NO/c1-15-10-11-18(12-16(15)2)13-19(22)21-20(3,4)14-17-8-6-5-7-9-17/h5-12H,13-14H2,1-4H3,(H,21,22). The fourth-order valence-electron chi connectivity index (χ4n) is 2.67. The summed E-state index contributed by atoms with van der Waals surface area (Å²) in [6.45, 7) is 8.30. The Morgan fingerprint density at radius 3 is 2.27 bits per heavy atom. The molecule has 2 rings (SSSR count). The van der Waals surface area contributed by atoms with E-state index in [4.69, 9.17) is 0 Å². The Labute approximate surface area is 133 Å². The van der Waals surface area contributed by atoms with Gasteiger partial charge in [0.15, 0.2) is 0 Å². The third-order valence-corrected chi connectivity index (χ3v) is 3.90. The Morgan fingerprint density at radius 1 is 0.955 bits per heavy atom. The lowest BCUT2D eigenvalue weighted by molar-refractivity contribution is -0.122. The molecule has 0 heterocycles. The lowest BCUT2D eigenvalue weighted by Crippen LogP contribution is -2.45. The van der Waals surface area contributed by atoms with Crippen molar-refractivity contribution >= 4 is 5.91 Å². The smallest absolute Gasteiger partial charge is 0.224 e. The highest BCUT2D eigenvalue weighted by Gasteiger charge is 2.21. The molecule has 0 spiro atoms. The quantitative estimate of drug-likeness (QED) is 0.888. The van der Waals surface area contributed by atoms with Gasteiger partial charge >= 0.3 is 0 Å². The molecule has 0 aliphatic rings. The summed E-state index contributed by atoms with van der Waals surface area (Å²) >= 11 is 0. The zero-order valence-electron chi connectivity index (χ0n) is 13.9. The number of hydrogen-bond donors (Lipinski definition) is 1. The van der Waals surface area contributed by atoms with Crippen molar-refractivity contribution in [1.82, 2.24) is 5.32 Å². The Bertz CT molecular complexity index is 644. The van der Waals surface area contributed by atoms with Gasteiger partial charge in [-0.15, -0.1) is 0 Å². The average Bonchev–Trinajstić information content (AvgIpc) is 2.42. The summed E-state index contributed by atoms with van der Waals surface area (Å²) in [7, 11) is 0. The first-order valence-corrected chi connectivity index (χ1v) is 7.77. The molecule has 0 saturated carbocycles. The molecule has 0 bridgehead atoms. The zero-order valence-corrected chi connectivity index (χ0v) is 13.9. The lowest BCUT2D eigenvalue weighted by atomic mass is 9.94. The molecule has 0 atom stereocenters. The Hall–Kier alpha value is -2.09. The summed E-state index contributed by atoms with van der Waals surface area (Å²) in [4.78, 5) is 12.3. The first-order valence-electron chi connectivity index (χ1n) is 7.77. The molecule has 2 nitrogen and oxygen atoms in total. The SMILES string of the molecule is Cc1ccc(CC(=O)NC(C)(C)Cc2ccccc2)cc1C. The number of hydrogen-bond acceptors (Lipinski definition) is 1. The largest absolute Gasteiger partial charge is 0.351 e. The van der Waals surface area contributed by atoms with Crippen LogP contribution in [0.1, 0.15) is 36.1 Å². The van der Waals surface area contributed by atoms with E-state index in [1.54, 1.807) is 0 Å². The van der Waals surface area contributed by atoms with Gasteiger partial charge in [0.05, 0.1) is 6.42 Å². The highest BCUT2D eigenvalue weighted by Crippen LogP contribution is 2.14. The van der Waals surface area contributed by atoms with Crippen molar-refractivity contribution < 1.29 is 4.79 Å². The van der Waals surface area contributed by atoms with E-state index in [0.717, 1.165) is 12.0 Å². The van der Waals surface area contributed by atoms with Crippen LogP contribution in [0.3, 0.4) is 0 Å². The van der Waals surface area contributed by atoms with Gasteiger partial charge < -0.3 is 5.32 Å². The monoisotopic (exact) mass is 295 g/mol. The molecule has 0 unspecified atom stereocenters. The molecule has 0 aromatic heterocycles. The number of amides is 1. The second-order valence-corrected chi connectivity index (χ2v) is 6.69. The molecular weight excluding hydrogens is 270 g/mol. The van der Waals surface area contributed by atoms with Crippen LogP contribution in [-0.4, -0.2) is 11.4 Å². The fourth-order valence-corrected chi connectivity index (χ4v) is 2.67. The van der Waals surface area contributed by atoms with E-state index < -0.39 is 0 Å². The first kappa shape index (κ1) is 16.3. The summed E-state index contributed by atoms with van der Waals surface area (Å²) in [5, 5.41) is 3.15. The molecule has 2 aromatic rings. The molecule has 2 heteroatoms. The van der Waals surface area contributed by atoms with E-state index in [-0.39, 0.29) is 11.4 Å². The van der Waals surface area contributed by atoms with Gasteiger partial charge in [0.2, 0.25) is 5.91 Å². The summed E-state index contributed by atoms with van der Waals surface area (Å²) < 4.78 is 0. The van der Waals surface area contributed by atoms with E-state index in [2.05, 4.69) is 57.3 Å². The van der Waals surface area contributed by atoms with Crippen LogP contribution in [0.2, 0.25) is 0 Å². The molecule has 1 N–H and O–H groups in total. The van der Waals surface area contributed by atoms with E-state index in [1.165, 1.54) is 16.7 Å². The van der Waals surface area contributed by atoms with Crippen molar-refractivity contribution in [3.63, 3.8) is 0 Å². The molecular formula is C20H25NO. The predicted molar refractivity (Wildman–Crippen MR) is 92.0 cm³/mol. The molecule has 116 valence electrons. The highest BCUT2D eigenvalue weighted by molar-refractivity contribution is 5.79. The van der Waals surface area contributed by atoms with Crippen molar-refractivity contribution in [3.05, 3.63) is 70.8 Å². The van der Waals surface area contributed by atoms with Crippen molar-refractivity contribution in [2.45, 2.75) is 46.1 Å². The molecule has 0 aliphatic carbocycles. The van der Waals surface area contributed by atoms with Gasteiger partial charge in [-0.3, -0.25) is 4.79 Å². The maximum Gasteiger partial charge on any atom is 0.224 e. The first-order chi connectivity index (χ1) is 10.4. The third-order valence-electron chi connectivity index (χ3n) is 3.90. The van der Waals surface area contributed by atoms with E-state index in [9.17, 15) is 4.79 Å². The minimum Gasteiger partial charge on any atom is -0.351 e. The summed E-state index contributed by atoms with van der Waals surface area (Å²) in [5.41, 5.74) is 4.54. The Morgan fingerprint density at radius 2 is 1.64 bits per heavy atom. The van der Waals surface area contributed by atoms with Crippen LogP contribution in [0.25, 0.3) is 0 Å². The number of nitrogens with one attached hydrogen (secondary N) is 1. The molecule has 2 aromatic carbocycles. The number of benzene rings is 2. The zero-order chi connectivity index (χ0) is 16.2. The topological polar surface area (TPSA) is 29.1 Å². The molecule has 0 fully saturated rings. The van der Waals surface area contributed by atoms with Crippen LogP contribution < -0.4 is 5.32 Å². The van der Waals surface area contributed by atoms with Crippen molar-refractivity contribution in [1.29, 1.82) is 0 Å². The lowest BCUT2D eigenvalue weighted by Gasteiger charge is -2.26. The second-order valence-electron chi connectivity index (χ2n) is 6.69. The van der Waals surface area contributed by atoms with E-state index >= 15 is 0 Å². The fraction of sp³-hybridized carbons (Fsp3) is 0.350. The summed E-state index contributed by atoms with van der Waals surface area (Å²) in [6, 6.07) is 16.5. The normalized spacial score (nSPS) is 11.3. The van der Waals surface area contributed by atoms with Gasteiger partial charge in [0, 0.05) is 5.54 Å². The van der Waals surface area contributed by atoms with Crippen LogP contribution in [0.15, 0.2) is 48.5 Å². The van der Waals surface area contributed by atoms with Gasteiger partial charge in [-0.2, -0.15) is 0 Å². The molecule has 0 radical (unpaired) electrons. The average molecular weight is 295 g/mol. The third kappa shape index (κ3) is 4.73. The molecule has 0 saturated heterocycles. The predicted octanol–water partition coefficient (Wildman–Crippen LogP) is 3.98. The van der Waals surface area contributed by atoms with Crippen LogP contribution >= 0.6 is 0 Å². The molecule has 1 amide bonds. The number of rotatable bonds is 5. The van der Waals surface area contributed by atoms with Gasteiger partial charge in [0.25, 0.3) is 0 Å². The Balaban J connectivity index is 1.96. The number of carbonyl (C=O) groups excluding carboxylic acids is 1. The van der Waals surface area contributed by atoms with Gasteiger partial charge in [-0.25, -0.2) is 0 Å². The van der Waals surface area contributed by atoms with E-state index in [0.29, 0.717) is 6.42 Å². The van der Waals surface area contributed by atoms with E-state index in [1.807, 2.05) is 24.3 Å². The van der Waals surface area contributed by atoms with Crippen LogP contribution in [0, 0.1) is 13.8 Å². The van der Waals surface area contributed by atoms with Gasteiger partial charge in [0.1, 0.15) is 0 Å². The highest BCUT2D eigenvalue weighted by atomic mass is 16.1. The Kier molecular flexibility index (Phi) is 5.02. The number of aryl methyl sites for hydroxylation is 2. The van der Waals surface area contributed by atoms with Crippen molar-refractivity contribution in [3.8, 4) is 0 Å². The minimum atomic E-state index is -0.252. The summed E-state index contributed by atoms with van der Waals surface area (Å²) in [6.07, 6.45) is 1.26. The van der Waals surface area contributed by atoms with Crippen LogP contribution in [-0.2, 0) is 17.6 Å². The summed E-state index contributed by atoms with van der Waals surface area (Å²) in [5.74, 6) is 0.0733. The molecule has 22 heavy (non-hydrogen) atoms. The minimum absolute atomic E-state index is 0.0733. The maximum atomic E-state index is 12.3. The van der Waals surface area contributed by atoms with Gasteiger partial charge in [-0.1, -0.05) is 48.5 Å². The van der Waals surface area contributed by atoms with Gasteiger partial charge in [-0.05, 0) is 56.4 Å². The van der Waals surface area contributed by atoms with Crippen LogP contribution in [0.4, 0.5) is 0 Å². The molecule has 0 aliphatic heterocycles. The number of carbonyl (C=O) groups is 1. The second kappa shape index (κ2) is 6.78. The van der Waals surface area contributed by atoms with Crippen molar-refractivity contribution in [2.75, 3.05) is 0 Å². The van der Waals surface area contributed by atoms with Crippen LogP contribution in [0.5, 0.6) is 0 Å². The maximum absolute atomic E-state index is 12.3. The van der Waals surface area contributed by atoms with Crippen molar-refractivity contribution in [2.24, 2.45) is 0 Å².